The van der Waals surface area contributed by atoms with Crippen LogP contribution in [-0.2, 0) is 35.4 Å². The van der Waals surface area contributed by atoms with Crippen LogP contribution in [0.15, 0.2) is 54.6 Å². The zero-order valence-electron chi connectivity index (χ0n) is 25.5. The van der Waals surface area contributed by atoms with Crippen molar-refractivity contribution in [1.29, 1.82) is 0 Å². The average Bonchev–Trinajstić information content (AvgIpc) is 3.18. The first kappa shape index (κ1) is 35.7. The minimum atomic E-state index is -4.76. The molecule has 0 bridgehead atoms. The van der Waals surface area contributed by atoms with Crippen LogP contribution in [0, 0.1) is 0 Å². The number of carbonyl (C=O) groups is 3. The predicted octanol–water partition coefficient (Wildman–Crippen LogP) is 0.889. The molecule has 0 unspecified atom stereocenters. The molecule has 17 heteroatoms. The maximum atomic E-state index is 13.8. The summed E-state index contributed by atoms with van der Waals surface area (Å²) in [4.78, 5) is 62.3. The van der Waals surface area contributed by atoms with Crippen molar-refractivity contribution in [3.8, 4) is 5.75 Å². The first-order valence-electron chi connectivity index (χ1n) is 14.8. The summed E-state index contributed by atoms with van der Waals surface area (Å²) >= 11 is 1.45. The van der Waals surface area contributed by atoms with Crippen molar-refractivity contribution in [3.63, 3.8) is 0 Å². The summed E-state index contributed by atoms with van der Waals surface area (Å²) in [5.74, 6) is -1.13. The Kier molecular flexibility index (Phi) is 12.1. The number of sulfonamides is 1. The first-order chi connectivity index (χ1) is 21.7. The van der Waals surface area contributed by atoms with Crippen LogP contribution in [-0.4, -0.2) is 119 Å². The highest BCUT2D eigenvalue weighted by atomic mass is 32.2. The fourth-order valence-electron chi connectivity index (χ4n) is 5.65. The lowest BCUT2D eigenvalue weighted by Crippen LogP contribution is -2.58. The number of nitrogens with two attached hydrogens (primary N) is 1. The summed E-state index contributed by atoms with van der Waals surface area (Å²) in [7, 11) is -8.30. The molecule has 4 N–H and O–H groups in total. The van der Waals surface area contributed by atoms with Gasteiger partial charge in [0.2, 0.25) is 27.7 Å². The van der Waals surface area contributed by atoms with E-state index in [-0.39, 0.29) is 42.5 Å². The van der Waals surface area contributed by atoms with Crippen molar-refractivity contribution in [2.75, 3.05) is 61.4 Å². The number of para-hydroxylation sites is 1. The molecule has 0 radical (unpaired) electrons. The van der Waals surface area contributed by atoms with Gasteiger partial charge in [-0.3, -0.25) is 24.2 Å². The van der Waals surface area contributed by atoms with Gasteiger partial charge in [0.15, 0.2) is 0 Å². The van der Waals surface area contributed by atoms with Gasteiger partial charge in [-0.2, -0.15) is 16.1 Å². The molecule has 2 saturated heterocycles. The maximum absolute atomic E-state index is 13.8. The van der Waals surface area contributed by atoms with Crippen molar-refractivity contribution < 1.29 is 41.7 Å². The second kappa shape index (κ2) is 15.6. The number of anilines is 1. The van der Waals surface area contributed by atoms with Crippen LogP contribution in [0.1, 0.15) is 18.9 Å². The standard InChI is InChI=1S/C29H40N5O9PS2/c1-22(35)34(26(28(30)36)20-23-8-10-25(11-9-23)43-44(38,39)40)27-21-45-18-17-32(29(27)37)12-5-19-46(41,42)33-15-13-31(14-16-33)24-6-3-2-4-7-24/h2-4,6-11,26-27H,5,12-21H2,1H3,(H2,30,36)(H2,38,39,40)/t26-,27-/m0/s1. The van der Waals surface area contributed by atoms with Crippen molar-refractivity contribution >= 4 is 53.0 Å². The third-order valence-corrected chi connectivity index (χ3v) is 11.3. The Morgan fingerprint density at radius 1 is 1.07 bits per heavy atom. The highest BCUT2D eigenvalue weighted by molar-refractivity contribution is 7.99. The third kappa shape index (κ3) is 9.69. The third-order valence-electron chi connectivity index (χ3n) is 7.90. The minimum Gasteiger partial charge on any atom is -0.404 e. The predicted molar refractivity (Wildman–Crippen MR) is 175 cm³/mol. The number of hydrogen-bond acceptors (Lipinski definition) is 9. The number of piperazine rings is 1. The summed E-state index contributed by atoms with van der Waals surface area (Å²) in [6, 6.07) is 13.2. The van der Waals surface area contributed by atoms with E-state index >= 15 is 0 Å². The molecular weight excluding hydrogens is 657 g/mol. The van der Waals surface area contributed by atoms with E-state index in [1.54, 1.807) is 4.90 Å². The molecule has 46 heavy (non-hydrogen) atoms. The van der Waals surface area contributed by atoms with Gasteiger partial charge >= 0.3 is 7.82 Å². The summed E-state index contributed by atoms with van der Waals surface area (Å²) < 4.78 is 43.5. The Morgan fingerprint density at radius 2 is 1.72 bits per heavy atom. The van der Waals surface area contributed by atoms with E-state index in [1.807, 2.05) is 30.3 Å². The van der Waals surface area contributed by atoms with Gasteiger partial charge in [-0.15, -0.1) is 0 Å². The Labute approximate surface area is 273 Å². The van der Waals surface area contributed by atoms with Gasteiger partial charge < -0.3 is 25.0 Å². The molecule has 2 fully saturated rings. The molecule has 2 heterocycles. The largest absolute Gasteiger partial charge is 0.524 e. The summed E-state index contributed by atoms with van der Waals surface area (Å²) in [6.45, 7) is 3.71. The lowest BCUT2D eigenvalue weighted by Gasteiger charge is -2.37. The molecule has 0 saturated carbocycles. The summed E-state index contributed by atoms with van der Waals surface area (Å²) in [5, 5.41) is 0. The molecule has 2 aromatic rings. The van der Waals surface area contributed by atoms with Gasteiger partial charge in [0.05, 0.1) is 5.75 Å². The van der Waals surface area contributed by atoms with Gasteiger partial charge in [-0.25, -0.2) is 13.0 Å². The monoisotopic (exact) mass is 697 g/mol. The molecule has 2 aliphatic heterocycles. The molecule has 2 aromatic carbocycles. The van der Waals surface area contributed by atoms with Crippen molar-refractivity contribution in [2.24, 2.45) is 5.73 Å². The van der Waals surface area contributed by atoms with E-state index < -0.39 is 41.7 Å². The fraction of sp³-hybridized carbons (Fsp3) is 0.483. The van der Waals surface area contributed by atoms with Crippen LogP contribution >= 0.6 is 19.6 Å². The fourth-order valence-corrected chi connectivity index (χ4v) is 8.56. The zero-order valence-corrected chi connectivity index (χ0v) is 28.0. The molecule has 252 valence electrons. The van der Waals surface area contributed by atoms with Crippen LogP contribution in [0.25, 0.3) is 0 Å². The van der Waals surface area contributed by atoms with E-state index in [4.69, 9.17) is 15.5 Å². The molecule has 2 aliphatic rings. The van der Waals surface area contributed by atoms with Crippen LogP contribution in [0.5, 0.6) is 5.75 Å². The lowest BCUT2D eigenvalue weighted by molar-refractivity contribution is -0.148. The van der Waals surface area contributed by atoms with Crippen LogP contribution in [0.2, 0.25) is 0 Å². The van der Waals surface area contributed by atoms with Crippen molar-refractivity contribution in [3.05, 3.63) is 60.2 Å². The number of thioether (sulfide) groups is 1. The minimum absolute atomic E-state index is 0.0463. The molecule has 14 nitrogen and oxygen atoms in total. The molecule has 0 aliphatic carbocycles. The Morgan fingerprint density at radius 3 is 2.30 bits per heavy atom. The Bertz CT molecular complexity index is 1520. The number of hydrogen-bond donors (Lipinski definition) is 3. The first-order valence-corrected chi connectivity index (χ1v) is 19.1. The van der Waals surface area contributed by atoms with Crippen molar-refractivity contribution in [2.45, 2.75) is 31.8 Å². The van der Waals surface area contributed by atoms with Gasteiger partial charge in [-0.1, -0.05) is 30.3 Å². The normalized spacial score (nSPS) is 18.9. The zero-order chi connectivity index (χ0) is 33.5. The number of phosphoric acid groups is 1. The molecule has 4 rings (SSSR count). The smallest absolute Gasteiger partial charge is 0.404 e. The second-order valence-corrected chi connectivity index (χ2v) is 15.5. The number of phosphoric ester groups is 1. The summed E-state index contributed by atoms with van der Waals surface area (Å²) in [5.41, 5.74) is 7.31. The average molecular weight is 698 g/mol. The van der Waals surface area contributed by atoms with E-state index in [1.165, 1.54) is 52.2 Å². The highest BCUT2D eigenvalue weighted by Crippen LogP contribution is 2.37. The number of primary amides is 1. The van der Waals surface area contributed by atoms with E-state index in [2.05, 4.69) is 9.42 Å². The highest BCUT2D eigenvalue weighted by Gasteiger charge is 2.39. The quantitative estimate of drug-likeness (QED) is 0.252. The number of amides is 3. The summed E-state index contributed by atoms with van der Waals surface area (Å²) in [6.07, 6.45) is 0.169. The second-order valence-electron chi connectivity index (χ2n) is 11.1. The Balaban J connectivity index is 1.38. The SMILES string of the molecule is CC(=O)N([C@@H](Cc1ccc(OP(=O)(O)O)cc1)C(N)=O)[C@H]1CSCCN(CCCS(=O)(=O)N2CCN(c3ccccc3)CC2)C1=O. The van der Waals surface area contributed by atoms with E-state index in [0.717, 1.165) is 5.69 Å². The maximum Gasteiger partial charge on any atom is 0.524 e. The molecule has 3 amide bonds. The van der Waals surface area contributed by atoms with Crippen LogP contribution < -0.4 is 15.2 Å². The molecule has 0 spiro atoms. The van der Waals surface area contributed by atoms with E-state index in [0.29, 0.717) is 44.0 Å². The number of benzene rings is 2. The van der Waals surface area contributed by atoms with Crippen LogP contribution in [0.3, 0.4) is 0 Å². The Hall–Kier alpha value is -3.14. The van der Waals surface area contributed by atoms with Crippen molar-refractivity contribution in [1.82, 2.24) is 14.1 Å². The van der Waals surface area contributed by atoms with Crippen LogP contribution in [0.4, 0.5) is 5.69 Å². The number of rotatable bonds is 13. The molecule has 2 atom stereocenters. The topological polar surface area (TPSA) is 191 Å². The van der Waals surface area contributed by atoms with Gasteiger partial charge in [0.1, 0.15) is 17.8 Å². The van der Waals surface area contributed by atoms with Gasteiger partial charge in [-0.05, 0) is 36.2 Å². The molecular formula is C29H40N5O9PS2. The van der Waals surface area contributed by atoms with Gasteiger partial charge in [0, 0.05) is 69.8 Å². The lowest BCUT2D eigenvalue weighted by atomic mass is 10.0. The van der Waals surface area contributed by atoms with E-state index in [9.17, 15) is 27.4 Å². The number of carbonyl (C=O) groups excluding carboxylic acids is 3. The van der Waals surface area contributed by atoms with Gasteiger partial charge in [0.25, 0.3) is 0 Å². The molecule has 0 aromatic heterocycles. The number of nitrogens with zero attached hydrogens (tertiary/aromatic N) is 4.